The fourth-order valence-corrected chi connectivity index (χ4v) is 10.6. The number of halogens is 3. The Morgan fingerprint density at radius 3 is 2.42 bits per heavy atom. The molecule has 4 aliphatic rings. The average molecular weight is 1070 g/mol. The number of alkyl halides is 3. The number of unbranched alkanes of at least 4 members (excludes halogenated alkanes) is 1. The number of likely N-dealkylation sites (tertiary alicyclic amines) is 2. The van der Waals surface area contributed by atoms with Gasteiger partial charge in [-0.3, -0.25) is 24.0 Å². The maximum Gasteiger partial charge on any atom is 0.266 e. The van der Waals surface area contributed by atoms with E-state index < -0.39 is 59.5 Å². The molecule has 5 N–H and O–H groups in total. The molecule has 3 atom stereocenters. The van der Waals surface area contributed by atoms with Crippen LogP contribution in [-0.4, -0.2) is 135 Å². The van der Waals surface area contributed by atoms with E-state index in [-0.39, 0.29) is 82.5 Å². The molecule has 1 aliphatic carbocycles. The Balaban J connectivity index is 0.794. The van der Waals surface area contributed by atoms with E-state index in [1.165, 1.54) is 22.4 Å². The number of aliphatic hydroxyl groups excluding tert-OH is 1. The lowest BCUT2D eigenvalue weighted by Crippen LogP contribution is -2.59. The van der Waals surface area contributed by atoms with Gasteiger partial charge in [0.15, 0.2) is 5.67 Å². The number of thiazole rings is 1. The molecule has 22 heteroatoms. The number of β-amino-alcohol motifs (C(OH)–C–C–N with tert-alkyl or cyclic N) is 1. The predicted octanol–water partition coefficient (Wildman–Crippen LogP) is 6.44. The number of hydrogen-bond acceptors (Lipinski definition) is 14. The largest absolute Gasteiger partial charge is 0.493 e. The summed E-state index contributed by atoms with van der Waals surface area (Å²) in [6.07, 6.45) is 2.90. The number of nitrogens with one attached hydrogen (secondary N) is 4. The zero-order chi connectivity index (χ0) is 54.4. The van der Waals surface area contributed by atoms with Crippen LogP contribution in [0.3, 0.4) is 0 Å². The van der Waals surface area contributed by atoms with Crippen molar-refractivity contribution in [2.24, 2.45) is 5.41 Å². The van der Waals surface area contributed by atoms with Crippen molar-refractivity contribution >= 4 is 58.3 Å². The molecule has 4 aromatic rings. The number of aliphatic hydroxyl groups is 1. The summed E-state index contributed by atoms with van der Waals surface area (Å²) in [5.74, 6) is -3.35. The Morgan fingerprint density at radius 1 is 0.961 bits per heavy atom. The van der Waals surface area contributed by atoms with Crippen LogP contribution in [0.1, 0.15) is 113 Å². The molecular weight excluding hydrogens is 1000 g/mol. The first-order valence-electron chi connectivity index (χ1n) is 25.9. The van der Waals surface area contributed by atoms with Crippen LogP contribution in [0.5, 0.6) is 5.75 Å². The Hall–Kier alpha value is -6.86. The first-order valence-corrected chi connectivity index (χ1v) is 26.8. The van der Waals surface area contributed by atoms with E-state index in [0.717, 1.165) is 21.7 Å². The van der Waals surface area contributed by atoms with Gasteiger partial charge in [0.1, 0.15) is 35.3 Å². The minimum atomic E-state index is -2.82. The van der Waals surface area contributed by atoms with Gasteiger partial charge in [-0.15, -0.1) is 11.3 Å². The molecule has 8 rings (SSSR count). The summed E-state index contributed by atoms with van der Waals surface area (Å²) in [6.45, 7) is 8.36. The number of pyridine rings is 2. The summed E-state index contributed by atoms with van der Waals surface area (Å²) in [6, 6.07) is 12.4. The van der Waals surface area contributed by atoms with Crippen LogP contribution in [0.4, 0.5) is 30.6 Å². The lowest BCUT2D eigenvalue weighted by molar-refractivity contribution is -0.145. The number of carbonyl (C=O) groups excluding carboxylic acids is 5. The highest BCUT2D eigenvalue weighted by Gasteiger charge is 2.53. The molecule has 0 bridgehead atoms. The third kappa shape index (κ3) is 13.9. The number of rotatable bonds is 20. The standard InChI is InChI=1S/C54H66F3N11O7S/c1-33-47(76-32-62-33)36-7-8-37(29-61-49(72)40-27-39(69)30-68(40)50(73)48(52(2,3)4)65-51(74)53(55)14-15-53)41(24-36)75-22-6-5-17-60-45(70)9-10-46(71)66-19-12-35(13-20-66)38-25-43(63-42-23-34(28-58)11-18-59-42)64-44(26-38)67-21-16-54(56,57)31-67/h7-8,11,18,23-26,32,35,39-40,48,69H,5-6,9-10,12-17,19-22,27,29-31H2,1-4H3,(H,60,70)(H,61,72)(H,65,74)(H,59,63,64)/t39-,40?,48?/m1/s1. The van der Waals surface area contributed by atoms with Gasteiger partial charge in [0.05, 0.1) is 47.0 Å². The number of hydrogen-bond donors (Lipinski definition) is 5. The number of aryl methyl sites for hydroxylation is 1. The topological polar surface area (TPSA) is 235 Å². The van der Waals surface area contributed by atoms with Crippen LogP contribution in [0, 0.1) is 23.7 Å². The Labute approximate surface area is 444 Å². The van der Waals surface area contributed by atoms with Gasteiger partial charge in [0.25, 0.3) is 11.8 Å². The molecule has 1 saturated carbocycles. The maximum absolute atomic E-state index is 14.7. The molecule has 3 aliphatic heterocycles. The SMILES string of the molecule is Cc1ncsc1-c1ccc(CNC(=O)C2C[C@@H](O)CN2C(=O)C(NC(=O)C2(F)CC2)C(C)(C)C)c(OCCCCNC(=O)CCC(=O)N2CCC(c3cc(Nc4cc(C#N)ccn4)nc(N4CCC(F)(F)C4)c3)CC2)c1. The quantitative estimate of drug-likeness (QED) is 0.0600. The molecule has 3 aromatic heterocycles. The van der Waals surface area contributed by atoms with E-state index in [9.17, 15) is 47.5 Å². The van der Waals surface area contributed by atoms with E-state index in [4.69, 9.17) is 4.74 Å². The van der Waals surface area contributed by atoms with Crippen LogP contribution >= 0.6 is 11.3 Å². The van der Waals surface area contributed by atoms with Crippen molar-refractivity contribution in [3.63, 3.8) is 0 Å². The molecule has 76 heavy (non-hydrogen) atoms. The van der Waals surface area contributed by atoms with Crippen molar-refractivity contribution in [1.82, 2.24) is 40.7 Å². The summed E-state index contributed by atoms with van der Waals surface area (Å²) < 4.78 is 49.5. The number of ether oxygens (including phenoxy) is 1. The highest BCUT2D eigenvalue weighted by Crippen LogP contribution is 2.41. The zero-order valence-electron chi connectivity index (χ0n) is 43.3. The van der Waals surface area contributed by atoms with E-state index in [0.29, 0.717) is 79.6 Å². The van der Waals surface area contributed by atoms with Crippen molar-refractivity contribution in [1.29, 1.82) is 5.26 Å². The van der Waals surface area contributed by atoms with Crippen molar-refractivity contribution < 1.29 is 47.0 Å². The molecule has 0 radical (unpaired) electrons. The fourth-order valence-electron chi connectivity index (χ4n) is 9.77. The summed E-state index contributed by atoms with van der Waals surface area (Å²) >= 11 is 1.48. The van der Waals surface area contributed by atoms with Gasteiger partial charge in [0.2, 0.25) is 23.6 Å². The number of carbonyl (C=O) groups is 5. The van der Waals surface area contributed by atoms with Crippen molar-refractivity contribution in [3.8, 4) is 22.3 Å². The van der Waals surface area contributed by atoms with Crippen molar-refractivity contribution in [3.05, 3.63) is 76.6 Å². The van der Waals surface area contributed by atoms with Crippen LogP contribution in [0.2, 0.25) is 0 Å². The number of anilines is 3. The highest BCUT2D eigenvalue weighted by atomic mass is 32.1. The fraction of sp³-hybridized carbons (Fsp3) is 0.537. The van der Waals surface area contributed by atoms with Crippen LogP contribution < -0.4 is 30.9 Å². The smallest absolute Gasteiger partial charge is 0.266 e. The van der Waals surface area contributed by atoms with Gasteiger partial charge in [-0.25, -0.2) is 28.1 Å². The van der Waals surface area contributed by atoms with Gasteiger partial charge in [-0.05, 0) is 98.2 Å². The molecule has 1 aromatic carbocycles. The molecule has 5 amide bonds. The molecule has 18 nitrogen and oxygen atoms in total. The third-order valence-corrected chi connectivity index (χ3v) is 15.4. The minimum absolute atomic E-state index is 0.0126. The zero-order valence-corrected chi connectivity index (χ0v) is 44.1. The van der Waals surface area contributed by atoms with E-state index in [1.54, 1.807) is 48.2 Å². The Morgan fingerprint density at radius 2 is 1.74 bits per heavy atom. The van der Waals surface area contributed by atoms with Crippen molar-refractivity contribution in [2.45, 2.75) is 134 Å². The van der Waals surface area contributed by atoms with E-state index in [1.807, 2.05) is 37.3 Å². The minimum Gasteiger partial charge on any atom is -0.493 e. The van der Waals surface area contributed by atoms with E-state index in [2.05, 4.69) is 42.3 Å². The third-order valence-electron chi connectivity index (χ3n) is 14.4. The number of amides is 5. The molecule has 2 unspecified atom stereocenters. The van der Waals surface area contributed by atoms with Crippen molar-refractivity contribution in [2.75, 3.05) is 56.1 Å². The molecule has 3 saturated heterocycles. The van der Waals surface area contributed by atoms with Gasteiger partial charge in [-0.1, -0.05) is 32.9 Å². The summed E-state index contributed by atoms with van der Waals surface area (Å²) in [5, 5.41) is 31.5. The normalized spacial score (nSPS) is 19.4. The number of piperidine rings is 1. The highest BCUT2D eigenvalue weighted by molar-refractivity contribution is 7.13. The van der Waals surface area contributed by atoms with E-state index >= 15 is 0 Å². The Kier molecular flexibility index (Phi) is 17.2. The van der Waals surface area contributed by atoms with Gasteiger partial charge in [-0.2, -0.15) is 5.26 Å². The molecule has 406 valence electrons. The van der Waals surface area contributed by atoms with Gasteiger partial charge >= 0.3 is 0 Å². The van der Waals surface area contributed by atoms with Gasteiger partial charge < -0.3 is 45.8 Å². The second-order valence-corrected chi connectivity index (χ2v) is 22.2. The summed E-state index contributed by atoms with van der Waals surface area (Å²) in [4.78, 5) is 85.5. The monoisotopic (exact) mass is 1070 g/mol. The van der Waals surface area contributed by atoms with Crippen LogP contribution in [0.25, 0.3) is 10.4 Å². The molecule has 4 fully saturated rings. The lowest BCUT2D eigenvalue weighted by Gasteiger charge is -2.35. The number of aromatic nitrogens is 3. The molecule has 0 spiro atoms. The average Bonchev–Trinajstić information content (AvgIpc) is 3.63. The van der Waals surface area contributed by atoms with Crippen LogP contribution in [0.15, 0.2) is 54.2 Å². The van der Waals surface area contributed by atoms with Crippen LogP contribution in [-0.2, 0) is 30.5 Å². The van der Waals surface area contributed by atoms with Gasteiger partial charge in [0, 0.05) is 76.7 Å². The Bertz CT molecular complexity index is 2830. The number of nitriles is 1. The summed E-state index contributed by atoms with van der Waals surface area (Å²) in [7, 11) is 0. The first kappa shape index (κ1) is 55.4. The second-order valence-electron chi connectivity index (χ2n) is 21.3. The summed E-state index contributed by atoms with van der Waals surface area (Å²) in [5.41, 5.74) is 2.63. The molecule has 6 heterocycles. The number of nitrogens with zero attached hydrogens (tertiary/aromatic N) is 7. The maximum atomic E-state index is 14.7. The number of benzene rings is 1. The second kappa shape index (κ2) is 23.6. The predicted molar refractivity (Wildman–Crippen MR) is 278 cm³/mol. The first-order chi connectivity index (χ1) is 36.2. The lowest BCUT2D eigenvalue weighted by atomic mass is 9.85. The molecular formula is C54H66F3N11O7S.